The van der Waals surface area contributed by atoms with E-state index in [1.165, 1.54) is 6.07 Å². The van der Waals surface area contributed by atoms with Gasteiger partial charge in [-0.15, -0.1) is 0 Å². The molecule has 0 aliphatic heterocycles. The van der Waals surface area contributed by atoms with Gasteiger partial charge < -0.3 is 5.32 Å². The van der Waals surface area contributed by atoms with Gasteiger partial charge in [0, 0.05) is 11.6 Å². The third-order valence-corrected chi connectivity index (χ3v) is 4.08. The summed E-state index contributed by atoms with van der Waals surface area (Å²) in [6.45, 7) is 2.37. The maximum atomic E-state index is 13.4. The molecule has 1 nitrogen and oxygen atoms in total. The van der Waals surface area contributed by atoms with Crippen LogP contribution in [0.15, 0.2) is 34.8 Å². The van der Waals surface area contributed by atoms with E-state index in [1.807, 2.05) is 13.0 Å². The second kappa shape index (κ2) is 6.12. The molecule has 19 heavy (non-hydrogen) atoms. The Balaban J connectivity index is 2.14. The molecule has 100 valence electrons. The number of benzene rings is 2. The van der Waals surface area contributed by atoms with E-state index in [0.717, 1.165) is 16.8 Å². The number of aryl methyl sites for hydroxylation is 1. The molecule has 2 aromatic rings. The van der Waals surface area contributed by atoms with Gasteiger partial charge in [0.25, 0.3) is 0 Å². The number of halogens is 4. The molecule has 0 atom stereocenters. The van der Waals surface area contributed by atoms with Gasteiger partial charge in [0.05, 0.1) is 15.2 Å². The third-order valence-electron chi connectivity index (χ3n) is 2.72. The predicted molar refractivity (Wildman–Crippen MR) is 82.6 cm³/mol. The number of anilines is 1. The first-order valence-electron chi connectivity index (χ1n) is 5.61. The molecule has 0 heterocycles. The van der Waals surface area contributed by atoms with Crippen LogP contribution >= 0.6 is 39.1 Å². The zero-order valence-electron chi connectivity index (χ0n) is 10.1. The van der Waals surface area contributed by atoms with Crippen LogP contribution in [0, 0.1) is 12.7 Å². The molecule has 0 spiro atoms. The van der Waals surface area contributed by atoms with Crippen LogP contribution in [0.5, 0.6) is 0 Å². The lowest BCUT2D eigenvalue weighted by molar-refractivity contribution is 0.619. The number of hydrogen-bond acceptors (Lipinski definition) is 1. The topological polar surface area (TPSA) is 12.0 Å². The van der Waals surface area contributed by atoms with E-state index in [2.05, 4.69) is 21.2 Å². The Morgan fingerprint density at radius 2 is 1.89 bits per heavy atom. The molecule has 5 heteroatoms. The van der Waals surface area contributed by atoms with Crippen molar-refractivity contribution in [1.82, 2.24) is 0 Å². The van der Waals surface area contributed by atoms with Crippen LogP contribution in [0.25, 0.3) is 0 Å². The molecule has 0 bridgehead atoms. The second-order valence-electron chi connectivity index (χ2n) is 4.18. The van der Waals surface area contributed by atoms with Crippen molar-refractivity contribution in [2.75, 3.05) is 5.32 Å². The third kappa shape index (κ3) is 3.62. The van der Waals surface area contributed by atoms with Crippen molar-refractivity contribution >= 4 is 44.8 Å². The Hall–Kier alpha value is -0.770. The summed E-state index contributed by atoms with van der Waals surface area (Å²) < 4.78 is 13.8. The first-order chi connectivity index (χ1) is 8.97. The SMILES string of the molecule is Cc1cc(Cl)c(NCc2ccc(Br)c(F)c2)cc1Cl. The fourth-order valence-electron chi connectivity index (χ4n) is 1.63. The fraction of sp³-hybridized carbons (Fsp3) is 0.143. The van der Waals surface area contributed by atoms with Gasteiger partial charge in [-0.1, -0.05) is 29.3 Å². The summed E-state index contributed by atoms with van der Waals surface area (Å²) in [5.41, 5.74) is 2.49. The van der Waals surface area contributed by atoms with E-state index in [0.29, 0.717) is 21.1 Å². The lowest BCUT2D eigenvalue weighted by Gasteiger charge is -2.10. The van der Waals surface area contributed by atoms with Crippen LogP contribution in [0.4, 0.5) is 10.1 Å². The highest BCUT2D eigenvalue weighted by molar-refractivity contribution is 9.10. The van der Waals surface area contributed by atoms with Crippen LogP contribution in [0.3, 0.4) is 0 Å². The van der Waals surface area contributed by atoms with Crippen molar-refractivity contribution in [1.29, 1.82) is 0 Å². The van der Waals surface area contributed by atoms with Crippen LogP contribution in [-0.4, -0.2) is 0 Å². The zero-order valence-corrected chi connectivity index (χ0v) is 13.2. The van der Waals surface area contributed by atoms with Crippen LogP contribution in [0.2, 0.25) is 10.0 Å². The van der Waals surface area contributed by atoms with Gasteiger partial charge in [-0.05, 0) is 58.2 Å². The molecule has 0 aliphatic rings. The molecule has 0 fully saturated rings. The van der Waals surface area contributed by atoms with E-state index >= 15 is 0 Å². The van der Waals surface area contributed by atoms with Gasteiger partial charge in [0.15, 0.2) is 0 Å². The van der Waals surface area contributed by atoms with Crippen LogP contribution in [0.1, 0.15) is 11.1 Å². The summed E-state index contributed by atoms with van der Waals surface area (Å²) in [4.78, 5) is 0. The van der Waals surface area contributed by atoms with E-state index < -0.39 is 0 Å². The summed E-state index contributed by atoms with van der Waals surface area (Å²) in [5, 5.41) is 4.39. The molecule has 0 amide bonds. The summed E-state index contributed by atoms with van der Waals surface area (Å²) >= 11 is 15.3. The van der Waals surface area contributed by atoms with Gasteiger partial charge >= 0.3 is 0 Å². The second-order valence-corrected chi connectivity index (χ2v) is 5.85. The Kier molecular flexibility index (Phi) is 4.71. The molecule has 2 aromatic carbocycles. The molecular formula is C14H11BrCl2FN. The molecule has 0 saturated heterocycles. The minimum Gasteiger partial charge on any atom is -0.380 e. The zero-order chi connectivity index (χ0) is 14.0. The normalized spacial score (nSPS) is 10.6. The maximum absolute atomic E-state index is 13.4. The molecular weight excluding hydrogens is 352 g/mol. The Morgan fingerprint density at radius 1 is 1.16 bits per heavy atom. The number of hydrogen-bond donors (Lipinski definition) is 1. The number of nitrogens with one attached hydrogen (secondary N) is 1. The highest BCUT2D eigenvalue weighted by Gasteiger charge is 2.05. The van der Waals surface area contributed by atoms with E-state index in [-0.39, 0.29) is 5.82 Å². The van der Waals surface area contributed by atoms with E-state index in [9.17, 15) is 4.39 Å². The lowest BCUT2D eigenvalue weighted by atomic mass is 10.2. The minimum absolute atomic E-state index is 0.285. The lowest BCUT2D eigenvalue weighted by Crippen LogP contribution is -2.01. The van der Waals surface area contributed by atoms with Crippen LogP contribution in [-0.2, 0) is 6.54 Å². The Labute approximate surface area is 129 Å². The molecule has 2 rings (SSSR count). The molecule has 0 aromatic heterocycles. The molecule has 0 radical (unpaired) electrons. The number of rotatable bonds is 3. The largest absolute Gasteiger partial charge is 0.380 e. The van der Waals surface area contributed by atoms with E-state index in [4.69, 9.17) is 23.2 Å². The quantitative estimate of drug-likeness (QED) is 0.725. The standard InChI is InChI=1S/C14H11BrCl2FN/c1-8-4-12(17)14(6-11(8)16)19-7-9-2-3-10(15)13(18)5-9/h2-6,19H,7H2,1H3. The van der Waals surface area contributed by atoms with Gasteiger partial charge in [0.1, 0.15) is 5.82 Å². The van der Waals surface area contributed by atoms with Crippen molar-refractivity contribution in [2.24, 2.45) is 0 Å². The molecule has 0 saturated carbocycles. The van der Waals surface area contributed by atoms with Crippen molar-refractivity contribution in [2.45, 2.75) is 13.5 Å². The first kappa shape index (κ1) is 14.6. The predicted octanol–water partition coefficient (Wildman–Crippen LogP) is 5.82. The molecule has 0 unspecified atom stereocenters. The summed E-state index contributed by atoms with van der Waals surface area (Å²) in [6.07, 6.45) is 0. The summed E-state index contributed by atoms with van der Waals surface area (Å²) in [5.74, 6) is -0.285. The smallest absolute Gasteiger partial charge is 0.137 e. The average Bonchev–Trinajstić information content (AvgIpc) is 2.36. The minimum atomic E-state index is -0.285. The Bertz CT molecular complexity index is 617. The maximum Gasteiger partial charge on any atom is 0.137 e. The fourth-order valence-corrected chi connectivity index (χ4v) is 2.32. The highest BCUT2D eigenvalue weighted by atomic mass is 79.9. The monoisotopic (exact) mass is 361 g/mol. The van der Waals surface area contributed by atoms with Crippen molar-refractivity contribution < 1.29 is 4.39 Å². The van der Waals surface area contributed by atoms with Crippen molar-refractivity contribution in [3.8, 4) is 0 Å². The van der Waals surface area contributed by atoms with E-state index in [1.54, 1.807) is 18.2 Å². The van der Waals surface area contributed by atoms with Crippen LogP contribution < -0.4 is 5.32 Å². The molecule has 1 N–H and O–H groups in total. The summed E-state index contributed by atoms with van der Waals surface area (Å²) in [7, 11) is 0. The van der Waals surface area contributed by atoms with Gasteiger partial charge in [-0.2, -0.15) is 0 Å². The first-order valence-corrected chi connectivity index (χ1v) is 7.15. The molecule has 0 aliphatic carbocycles. The van der Waals surface area contributed by atoms with Crippen molar-refractivity contribution in [3.05, 3.63) is 61.8 Å². The van der Waals surface area contributed by atoms with Gasteiger partial charge in [0.2, 0.25) is 0 Å². The highest BCUT2D eigenvalue weighted by Crippen LogP contribution is 2.29. The van der Waals surface area contributed by atoms with Crippen molar-refractivity contribution in [3.63, 3.8) is 0 Å². The van der Waals surface area contributed by atoms with Gasteiger partial charge in [-0.25, -0.2) is 4.39 Å². The average molecular weight is 363 g/mol. The van der Waals surface area contributed by atoms with Gasteiger partial charge in [-0.3, -0.25) is 0 Å². The summed E-state index contributed by atoms with van der Waals surface area (Å²) in [6, 6.07) is 8.56. The Morgan fingerprint density at radius 3 is 2.58 bits per heavy atom.